The highest BCUT2D eigenvalue weighted by Gasteiger charge is 2.35. The summed E-state index contributed by atoms with van der Waals surface area (Å²) in [5, 5.41) is 3.17. The van der Waals surface area contributed by atoms with Crippen molar-refractivity contribution in [3.05, 3.63) is 81.8 Å². The molecule has 0 unspecified atom stereocenters. The average Bonchev–Trinajstić information content (AvgIpc) is 3.21. The number of amides is 2. The number of thioether (sulfide) groups is 1. The van der Waals surface area contributed by atoms with Crippen molar-refractivity contribution in [2.75, 3.05) is 29.2 Å². The van der Waals surface area contributed by atoms with Gasteiger partial charge < -0.3 is 14.8 Å². The van der Waals surface area contributed by atoms with Crippen molar-refractivity contribution < 1.29 is 19.1 Å². The Balaban J connectivity index is 1.56. The monoisotopic (exact) mass is 560 g/mol. The molecule has 4 rings (SSSR count). The lowest BCUT2D eigenvalue weighted by Crippen LogP contribution is -2.27. The van der Waals surface area contributed by atoms with Gasteiger partial charge in [0, 0.05) is 16.4 Å². The molecule has 2 amide bonds. The number of anilines is 2. The minimum atomic E-state index is -0.282. The zero-order chi connectivity index (χ0) is 24.1. The van der Waals surface area contributed by atoms with E-state index < -0.39 is 0 Å². The second kappa shape index (κ2) is 11.2. The van der Waals surface area contributed by atoms with Gasteiger partial charge in [-0.05, 0) is 76.9 Å². The number of carbonyl (C=O) groups is 2. The Kier molecular flexibility index (Phi) is 8.03. The van der Waals surface area contributed by atoms with E-state index in [1.807, 2.05) is 49.4 Å². The van der Waals surface area contributed by atoms with E-state index in [2.05, 4.69) is 21.2 Å². The Hall–Kier alpha value is -2.68. The summed E-state index contributed by atoms with van der Waals surface area (Å²) in [6.07, 6.45) is 0. The first kappa shape index (κ1) is 24.4. The molecule has 0 aliphatic carbocycles. The summed E-state index contributed by atoms with van der Waals surface area (Å²) >= 11 is 11.1. The molecule has 0 bridgehead atoms. The molecular weight excluding hydrogens is 540 g/mol. The van der Waals surface area contributed by atoms with E-state index in [9.17, 15) is 9.59 Å². The topological polar surface area (TPSA) is 67.9 Å². The Morgan fingerprint density at radius 3 is 2.59 bits per heavy atom. The van der Waals surface area contributed by atoms with Crippen LogP contribution >= 0.6 is 39.3 Å². The molecule has 0 saturated carbocycles. The summed E-state index contributed by atoms with van der Waals surface area (Å²) in [7, 11) is 0. The predicted octanol–water partition coefficient (Wildman–Crippen LogP) is 6.30. The molecule has 1 heterocycles. The van der Waals surface area contributed by atoms with E-state index in [0.29, 0.717) is 39.0 Å². The van der Waals surface area contributed by atoms with Crippen LogP contribution in [0.1, 0.15) is 17.9 Å². The van der Waals surface area contributed by atoms with Crippen LogP contribution < -0.4 is 19.7 Å². The normalized spacial score (nSPS) is 15.3. The molecule has 3 aromatic rings. The van der Waals surface area contributed by atoms with E-state index in [-0.39, 0.29) is 23.8 Å². The zero-order valence-corrected chi connectivity index (χ0v) is 21.5. The molecule has 0 aromatic heterocycles. The molecular formula is C25H22BrClN2O4S. The summed E-state index contributed by atoms with van der Waals surface area (Å²) in [5.41, 5.74) is 2.35. The molecule has 1 aliphatic heterocycles. The third kappa shape index (κ3) is 5.68. The summed E-state index contributed by atoms with van der Waals surface area (Å²) in [4.78, 5) is 26.8. The van der Waals surface area contributed by atoms with Gasteiger partial charge in [0.2, 0.25) is 5.91 Å². The second-order valence-electron chi connectivity index (χ2n) is 7.37. The molecule has 176 valence electrons. The number of carbonyl (C=O) groups excluding carboxylic acids is 2. The van der Waals surface area contributed by atoms with Gasteiger partial charge in [-0.25, -0.2) is 0 Å². The van der Waals surface area contributed by atoms with E-state index in [1.165, 1.54) is 11.8 Å². The van der Waals surface area contributed by atoms with Crippen molar-refractivity contribution in [2.45, 2.75) is 12.3 Å². The first-order valence-corrected chi connectivity index (χ1v) is 12.8. The Labute approximate surface area is 215 Å². The van der Waals surface area contributed by atoms with Crippen LogP contribution in [-0.2, 0) is 9.59 Å². The molecule has 34 heavy (non-hydrogen) atoms. The van der Waals surface area contributed by atoms with Gasteiger partial charge in [0.15, 0.2) is 18.1 Å². The lowest BCUT2D eigenvalue weighted by molar-refractivity contribution is -0.118. The molecule has 9 heteroatoms. The average molecular weight is 562 g/mol. The van der Waals surface area contributed by atoms with Crippen molar-refractivity contribution in [2.24, 2.45) is 0 Å². The first-order valence-electron chi connectivity index (χ1n) is 10.6. The van der Waals surface area contributed by atoms with E-state index in [1.54, 1.807) is 29.2 Å². The number of rotatable bonds is 8. The van der Waals surface area contributed by atoms with Crippen LogP contribution in [0.2, 0.25) is 5.02 Å². The van der Waals surface area contributed by atoms with Crippen LogP contribution in [-0.4, -0.2) is 30.8 Å². The highest BCUT2D eigenvalue weighted by Crippen LogP contribution is 2.46. The van der Waals surface area contributed by atoms with Gasteiger partial charge >= 0.3 is 0 Å². The standard InChI is InChI=1S/C25H22BrClN2O4S/c1-2-32-21-13-16(25-29(23(31)15-34-25)19-10-8-17(27)9-11-19)12-20(26)24(21)33-14-22(30)28-18-6-4-3-5-7-18/h3-13,25H,2,14-15H2,1H3,(H,28,30)/t25-/m1/s1. The molecule has 1 aliphatic rings. The lowest BCUT2D eigenvalue weighted by Gasteiger charge is -2.25. The number of nitrogens with zero attached hydrogens (tertiary/aromatic N) is 1. The molecule has 1 fully saturated rings. The van der Waals surface area contributed by atoms with Crippen LogP contribution in [0.3, 0.4) is 0 Å². The fraction of sp³-hybridized carbons (Fsp3) is 0.200. The highest BCUT2D eigenvalue weighted by molar-refractivity contribution is 9.10. The van der Waals surface area contributed by atoms with Gasteiger partial charge in [-0.15, -0.1) is 11.8 Å². The molecule has 0 spiro atoms. The quantitative estimate of drug-likeness (QED) is 0.350. The van der Waals surface area contributed by atoms with Crippen molar-refractivity contribution in [1.29, 1.82) is 0 Å². The maximum atomic E-state index is 12.7. The van der Waals surface area contributed by atoms with Crippen molar-refractivity contribution in [3.8, 4) is 11.5 Å². The fourth-order valence-corrected chi connectivity index (χ4v) is 5.40. The number of benzene rings is 3. The maximum absolute atomic E-state index is 12.7. The van der Waals surface area contributed by atoms with Gasteiger partial charge in [-0.1, -0.05) is 29.8 Å². The highest BCUT2D eigenvalue weighted by atomic mass is 79.9. The number of para-hydroxylation sites is 1. The van der Waals surface area contributed by atoms with Gasteiger partial charge in [0.05, 0.1) is 16.8 Å². The number of ether oxygens (including phenoxy) is 2. The third-order valence-electron chi connectivity index (χ3n) is 4.99. The van der Waals surface area contributed by atoms with Gasteiger partial charge in [0.1, 0.15) is 5.37 Å². The predicted molar refractivity (Wildman–Crippen MR) is 140 cm³/mol. The third-order valence-corrected chi connectivity index (χ3v) is 7.05. The zero-order valence-electron chi connectivity index (χ0n) is 18.3. The number of hydrogen-bond acceptors (Lipinski definition) is 5. The van der Waals surface area contributed by atoms with E-state index >= 15 is 0 Å². The molecule has 3 aromatic carbocycles. The van der Waals surface area contributed by atoms with Crippen LogP contribution in [0.4, 0.5) is 11.4 Å². The van der Waals surface area contributed by atoms with Crippen LogP contribution in [0.15, 0.2) is 71.2 Å². The molecule has 0 radical (unpaired) electrons. The Morgan fingerprint density at radius 1 is 1.15 bits per heavy atom. The fourth-order valence-electron chi connectivity index (χ4n) is 3.54. The lowest BCUT2D eigenvalue weighted by atomic mass is 10.1. The maximum Gasteiger partial charge on any atom is 0.262 e. The molecule has 6 nitrogen and oxygen atoms in total. The van der Waals surface area contributed by atoms with Gasteiger partial charge in [-0.2, -0.15) is 0 Å². The molecule has 1 atom stereocenters. The van der Waals surface area contributed by atoms with Gasteiger partial charge in [0.25, 0.3) is 5.91 Å². The number of hydrogen-bond donors (Lipinski definition) is 1. The Morgan fingerprint density at radius 2 is 1.88 bits per heavy atom. The van der Waals surface area contributed by atoms with E-state index in [4.69, 9.17) is 21.1 Å². The summed E-state index contributed by atoms with van der Waals surface area (Å²) in [5.74, 6) is 1.03. The summed E-state index contributed by atoms with van der Waals surface area (Å²) in [6, 6.07) is 20.1. The Bertz CT molecular complexity index is 1180. The molecule has 1 saturated heterocycles. The number of nitrogens with one attached hydrogen (secondary N) is 1. The van der Waals surface area contributed by atoms with Crippen LogP contribution in [0.25, 0.3) is 0 Å². The van der Waals surface area contributed by atoms with Crippen molar-refractivity contribution in [3.63, 3.8) is 0 Å². The van der Waals surface area contributed by atoms with Crippen molar-refractivity contribution >= 4 is 62.5 Å². The smallest absolute Gasteiger partial charge is 0.262 e. The minimum Gasteiger partial charge on any atom is -0.490 e. The van der Waals surface area contributed by atoms with E-state index in [0.717, 1.165) is 11.3 Å². The molecule has 1 N–H and O–H groups in total. The first-order chi connectivity index (χ1) is 16.5. The SMILES string of the molecule is CCOc1cc([C@H]2SCC(=O)N2c2ccc(Cl)cc2)cc(Br)c1OCC(=O)Nc1ccccc1. The minimum absolute atomic E-state index is 0.0179. The van der Waals surface area contributed by atoms with Crippen LogP contribution in [0.5, 0.6) is 11.5 Å². The van der Waals surface area contributed by atoms with Gasteiger partial charge in [-0.3, -0.25) is 14.5 Å². The largest absolute Gasteiger partial charge is 0.490 e. The number of halogens is 2. The van der Waals surface area contributed by atoms with Crippen molar-refractivity contribution in [1.82, 2.24) is 0 Å². The summed E-state index contributed by atoms with van der Waals surface area (Å²) in [6.45, 7) is 2.11. The summed E-state index contributed by atoms with van der Waals surface area (Å²) < 4.78 is 12.3. The van der Waals surface area contributed by atoms with Crippen LogP contribution in [0, 0.1) is 0 Å². The second-order valence-corrected chi connectivity index (χ2v) is 9.73.